The van der Waals surface area contributed by atoms with E-state index in [1.165, 1.54) is 22.9 Å². The summed E-state index contributed by atoms with van der Waals surface area (Å²) in [6.45, 7) is 0. The van der Waals surface area contributed by atoms with Crippen molar-refractivity contribution >= 4 is 5.78 Å². The highest BCUT2D eigenvalue weighted by atomic mass is 19.4. The lowest BCUT2D eigenvalue weighted by molar-refractivity contribution is -0.141. The summed E-state index contributed by atoms with van der Waals surface area (Å²) >= 11 is 0. The van der Waals surface area contributed by atoms with Crippen LogP contribution in [0.1, 0.15) is 17.2 Å². The molecule has 4 rings (SSSR count). The van der Waals surface area contributed by atoms with E-state index in [1.807, 2.05) is 0 Å². The van der Waals surface area contributed by atoms with Gasteiger partial charge >= 0.3 is 6.18 Å². The molecule has 0 saturated carbocycles. The Labute approximate surface area is 156 Å². The van der Waals surface area contributed by atoms with Crippen LogP contribution in [-0.4, -0.2) is 25.3 Å². The average Bonchev–Trinajstić information content (AvgIpc) is 3.11. The van der Waals surface area contributed by atoms with Gasteiger partial charge in [-0.15, -0.1) is 0 Å². The highest BCUT2D eigenvalue weighted by molar-refractivity contribution is 5.63. The lowest BCUT2D eigenvalue weighted by atomic mass is 9.81. The highest BCUT2D eigenvalue weighted by Crippen LogP contribution is 2.38. The number of hydrogen-bond acceptors (Lipinski definition) is 4. The molecule has 2 aromatic heterocycles. The molecule has 0 fully saturated rings. The minimum absolute atomic E-state index is 0.201. The number of halogens is 4. The number of nitrogens with zero attached hydrogens (tertiary/aromatic N) is 5. The van der Waals surface area contributed by atoms with E-state index >= 15 is 0 Å². The maximum atomic E-state index is 14.9. The molecule has 1 aliphatic rings. The Hall–Kier alpha value is -3.54. The molecule has 5 nitrogen and oxygen atoms in total. The lowest BCUT2D eigenvalue weighted by Crippen LogP contribution is -2.27. The van der Waals surface area contributed by atoms with Crippen LogP contribution in [0, 0.1) is 11.3 Å². The van der Waals surface area contributed by atoms with Gasteiger partial charge in [-0.05, 0) is 17.7 Å². The van der Waals surface area contributed by atoms with E-state index < -0.39 is 23.5 Å². The number of rotatable bonds is 2. The van der Waals surface area contributed by atoms with Crippen LogP contribution in [0.2, 0.25) is 0 Å². The molecule has 140 valence electrons. The van der Waals surface area contributed by atoms with Crippen molar-refractivity contribution in [1.82, 2.24) is 19.6 Å². The first kappa shape index (κ1) is 17.9. The smallest absolute Gasteiger partial charge is 0.222 e. The summed E-state index contributed by atoms with van der Waals surface area (Å²) in [6.07, 6.45) is 3.27. The molecule has 2 unspecified atom stereocenters. The van der Waals surface area contributed by atoms with Gasteiger partial charge in [0.2, 0.25) is 5.67 Å². The van der Waals surface area contributed by atoms with E-state index in [0.29, 0.717) is 23.0 Å². The fourth-order valence-electron chi connectivity index (χ4n) is 3.07. The summed E-state index contributed by atoms with van der Waals surface area (Å²) in [4.78, 5) is 7.38. The van der Waals surface area contributed by atoms with Crippen LogP contribution in [0.15, 0.2) is 61.0 Å². The SMILES string of the molecule is N#CC1(F)C=CC=CC1c1cccc(-c2cnc3nc(C(F)(F)F)cnn23)c1. The van der Waals surface area contributed by atoms with Crippen LogP contribution < -0.4 is 0 Å². The van der Waals surface area contributed by atoms with Crippen molar-refractivity contribution in [2.24, 2.45) is 0 Å². The molecule has 0 bridgehead atoms. The highest BCUT2D eigenvalue weighted by Gasteiger charge is 2.38. The molecule has 1 aromatic carbocycles. The second-order valence-electron chi connectivity index (χ2n) is 6.22. The molecule has 0 saturated heterocycles. The number of benzene rings is 1. The third-order valence-corrected chi connectivity index (χ3v) is 4.45. The summed E-state index contributed by atoms with van der Waals surface area (Å²) in [5.74, 6) is -1.02. The zero-order chi connectivity index (χ0) is 19.9. The third-order valence-electron chi connectivity index (χ3n) is 4.45. The molecule has 0 spiro atoms. The number of hydrogen-bond donors (Lipinski definition) is 0. The Morgan fingerprint density at radius 1 is 1.18 bits per heavy atom. The Bertz CT molecular complexity index is 1160. The van der Waals surface area contributed by atoms with E-state index in [-0.39, 0.29) is 5.78 Å². The van der Waals surface area contributed by atoms with Gasteiger partial charge in [-0.3, -0.25) is 0 Å². The Morgan fingerprint density at radius 2 is 2.00 bits per heavy atom. The Morgan fingerprint density at radius 3 is 2.75 bits per heavy atom. The quantitative estimate of drug-likeness (QED) is 0.619. The van der Waals surface area contributed by atoms with Crippen LogP contribution in [0.4, 0.5) is 17.6 Å². The first-order chi connectivity index (χ1) is 13.3. The summed E-state index contributed by atoms with van der Waals surface area (Å²) < 4.78 is 54.5. The minimum atomic E-state index is -4.62. The van der Waals surface area contributed by atoms with E-state index in [1.54, 1.807) is 42.5 Å². The van der Waals surface area contributed by atoms with Gasteiger partial charge in [-0.2, -0.15) is 28.0 Å². The van der Waals surface area contributed by atoms with Gasteiger partial charge in [0.25, 0.3) is 5.78 Å². The number of fused-ring (bicyclic) bond motifs is 1. The van der Waals surface area contributed by atoms with Crippen molar-refractivity contribution < 1.29 is 17.6 Å². The van der Waals surface area contributed by atoms with Gasteiger partial charge in [-0.1, -0.05) is 36.4 Å². The summed E-state index contributed by atoms with van der Waals surface area (Å²) in [7, 11) is 0. The second-order valence-corrected chi connectivity index (χ2v) is 6.22. The van der Waals surface area contributed by atoms with Gasteiger partial charge in [0.15, 0.2) is 5.69 Å². The van der Waals surface area contributed by atoms with Crippen molar-refractivity contribution in [3.05, 3.63) is 72.2 Å². The minimum Gasteiger partial charge on any atom is -0.222 e. The molecule has 28 heavy (non-hydrogen) atoms. The van der Waals surface area contributed by atoms with Crippen LogP contribution >= 0.6 is 0 Å². The first-order valence-electron chi connectivity index (χ1n) is 8.16. The van der Waals surface area contributed by atoms with Gasteiger partial charge in [-0.25, -0.2) is 14.4 Å². The van der Waals surface area contributed by atoms with Crippen LogP contribution in [0.5, 0.6) is 0 Å². The fourth-order valence-corrected chi connectivity index (χ4v) is 3.07. The van der Waals surface area contributed by atoms with Gasteiger partial charge < -0.3 is 0 Å². The standard InChI is InChI=1S/C19H11F4N5/c20-18(11-24)7-2-1-6-14(18)12-4-3-5-13(8-12)15-9-25-17-27-16(19(21,22)23)10-26-28(15)17/h1-10,14H. The van der Waals surface area contributed by atoms with Crippen LogP contribution in [-0.2, 0) is 6.18 Å². The zero-order valence-electron chi connectivity index (χ0n) is 14.1. The first-order valence-corrected chi connectivity index (χ1v) is 8.16. The van der Waals surface area contributed by atoms with E-state index in [4.69, 9.17) is 0 Å². The van der Waals surface area contributed by atoms with Crippen molar-refractivity contribution in [2.75, 3.05) is 0 Å². The Balaban J connectivity index is 1.78. The zero-order valence-corrected chi connectivity index (χ0v) is 14.1. The average molecular weight is 385 g/mol. The van der Waals surface area contributed by atoms with Gasteiger partial charge in [0.05, 0.1) is 24.0 Å². The molecular weight excluding hydrogens is 374 g/mol. The predicted octanol–water partition coefficient (Wildman–Crippen LogP) is 4.25. The topological polar surface area (TPSA) is 66.9 Å². The fraction of sp³-hybridized carbons (Fsp3) is 0.158. The molecule has 9 heteroatoms. The number of imidazole rings is 1. The molecule has 0 radical (unpaired) electrons. The van der Waals surface area contributed by atoms with Crippen molar-refractivity contribution in [3.8, 4) is 17.3 Å². The van der Waals surface area contributed by atoms with E-state index in [0.717, 1.165) is 0 Å². The molecular formula is C19H11F4N5. The number of nitriles is 1. The molecule has 2 heterocycles. The monoisotopic (exact) mass is 385 g/mol. The Kier molecular flexibility index (Phi) is 4.00. The summed E-state index contributed by atoms with van der Waals surface area (Å²) in [6, 6.07) is 8.39. The summed E-state index contributed by atoms with van der Waals surface area (Å²) in [5.41, 5.74) is -1.83. The van der Waals surface area contributed by atoms with Crippen LogP contribution in [0.3, 0.4) is 0 Å². The number of allylic oxidation sites excluding steroid dienone is 4. The van der Waals surface area contributed by atoms with E-state index in [9.17, 15) is 22.8 Å². The van der Waals surface area contributed by atoms with Gasteiger partial charge in [0.1, 0.15) is 6.07 Å². The van der Waals surface area contributed by atoms with Crippen LogP contribution in [0.25, 0.3) is 17.0 Å². The molecule has 3 aromatic rings. The largest absolute Gasteiger partial charge is 0.435 e. The normalized spacial score (nSPS) is 21.8. The molecule has 2 atom stereocenters. The molecule has 1 aliphatic carbocycles. The maximum absolute atomic E-state index is 14.9. The predicted molar refractivity (Wildman–Crippen MR) is 91.7 cm³/mol. The number of alkyl halides is 4. The molecule has 0 N–H and O–H groups in total. The van der Waals surface area contributed by atoms with Crippen molar-refractivity contribution in [2.45, 2.75) is 17.8 Å². The third kappa shape index (κ3) is 2.93. The lowest BCUT2D eigenvalue weighted by Gasteiger charge is -2.25. The van der Waals surface area contributed by atoms with Gasteiger partial charge in [0, 0.05) is 5.56 Å². The molecule has 0 aliphatic heterocycles. The molecule has 0 amide bonds. The second kappa shape index (κ2) is 6.27. The van der Waals surface area contributed by atoms with E-state index in [2.05, 4.69) is 15.1 Å². The number of aromatic nitrogens is 4. The summed E-state index contributed by atoms with van der Waals surface area (Å²) in [5, 5.41) is 13.0. The van der Waals surface area contributed by atoms with Crippen molar-refractivity contribution in [3.63, 3.8) is 0 Å². The van der Waals surface area contributed by atoms with Crippen molar-refractivity contribution in [1.29, 1.82) is 5.26 Å². The maximum Gasteiger partial charge on any atom is 0.435 e.